The van der Waals surface area contributed by atoms with Gasteiger partial charge in [0.1, 0.15) is 0 Å². The topological polar surface area (TPSA) is 59.9 Å². The van der Waals surface area contributed by atoms with Crippen molar-refractivity contribution in [3.8, 4) is 0 Å². The zero-order valence-electron chi connectivity index (χ0n) is 18.2. The predicted octanol–water partition coefficient (Wildman–Crippen LogP) is 3.67. The minimum absolute atomic E-state index is 0.103. The van der Waals surface area contributed by atoms with E-state index in [1.54, 1.807) is 0 Å². The molecule has 1 aliphatic heterocycles. The lowest BCUT2D eigenvalue weighted by Gasteiger charge is -2.29. The van der Waals surface area contributed by atoms with Crippen molar-refractivity contribution >= 4 is 5.96 Å². The van der Waals surface area contributed by atoms with Gasteiger partial charge < -0.3 is 15.7 Å². The zero-order chi connectivity index (χ0) is 20.3. The smallest absolute Gasteiger partial charge is 0.191 e. The van der Waals surface area contributed by atoms with Crippen molar-refractivity contribution in [1.82, 2.24) is 15.5 Å². The Morgan fingerprint density at radius 1 is 1.03 bits per heavy atom. The summed E-state index contributed by atoms with van der Waals surface area (Å²) in [5.74, 6) is 1.89. The van der Waals surface area contributed by atoms with Gasteiger partial charge in [-0.2, -0.15) is 0 Å². The van der Waals surface area contributed by atoms with E-state index in [2.05, 4.69) is 46.7 Å². The largest absolute Gasteiger partial charge is 0.393 e. The lowest BCUT2D eigenvalue weighted by molar-refractivity contribution is 0.0792. The molecule has 29 heavy (non-hydrogen) atoms. The number of nitrogens with zero attached hydrogens (tertiary/aromatic N) is 2. The fraction of sp³-hybridized carbons (Fsp3) is 0.708. The molecule has 1 aromatic rings. The Morgan fingerprint density at radius 3 is 2.41 bits per heavy atom. The monoisotopic (exact) mass is 400 g/mol. The van der Waals surface area contributed by atoms with Gasteiger partial charge in [0.05, 0.1) is 12.6 Å². The van der Waals surface area contributed by atoms with Gasteiger partial charge >= 0.3 is 0 Å². The third-order valence-corrected chi connectivity index (χ3v) is 6.31. The van der Waals surface area contributed by atoms with Crippen molar-refractivity contribution < 1.29 is 5.11 Å². The Balaban J connectivity index is 1.40. The molecule has 162 valence electrons. The number of hydrogen-bond acceptors (Lipinski definition) is 3. The number of aliphatic hydroxyl groups excluding tert-OH is 1. The number of guanidine groups is 1. The minimum Gasteiger partial charge on any atom is -0.393 e. The van der Waals surface area contributed by atoms with Crippen LogP contribution < -0.4 is 10.6 Å². The van der Waals surface area contributed by atoms with Gasteiger partial charge in [0.25, 0.3) is 0 Å². The Hall–Kier alpha value is -1.59. The maximum absolute atomic E-state index is 9.64. The lowest BCUT2D eigenvalue weighted by Crippen LogP contribution is -2.37. The predicted molar refractivity (Wildman–Crippen MR) is 121 cm³/mol. The fourth-order valence-corrected chi connectivity index (χ4v) is 4.49. The molecular formula is C24H40N4O. The molecule has 5 heteroatoms. The fourth-order valence-electron chi connectivity index (χ4n) is 4.49. The van der Waals surface area contributed by atoms with Crippen molar-refractivity contribution in [3.05, 3.63) is 35.4 Å². The average Bonchev–Trinajstić information content (AvgIpc) is 3.25. The first-order chi connectivity index (χ1) is 14.2. The molecule has 3 rings (SSSR count). The zero-order valence-corrected chi connectivity index (χ0v) is 18.2. The first kappa shape index (κ1) is 22.1. The Bertz CT molecular complexity index is 602. The summed E-state index contributed by atoms with van der Waals surface area (Å²) in [5.41, 5.74) is 2.58. The standard InChI is InChI=1S/C24H40N4O/c1-2-25-24(26-15-5-8-20-6-3-4-7-20)27-18-21-9-11-22(12-10-21)19-28-16-13-23(29)14-17-28/h9-12,20,23,29H,2-8,13-19H2,1H3,(H2,25,26,27). The number of benzene rings is 1. The molecule has 0 aromatic heterocycles. The molecule has 2 fully saturated rings. The van der Waals surface area contributed by atoms with Gasteiger partial charge in [0.15, 0.2) is 5.96 Å². The van der Waals surface area contributed by atoms with Crippen molar-refractivity contribution in [1.29, 1.82) is 0 Å². The third kappa shape index (κ3) is 7.98. The molecule has 0 amide bonds. The molecule has 0 atom stereocenters. The molecule has 1 saturated heterocycles. The van der Waals surface area contributed by atoms with Crippen molar-refractivity contribution in [2.24, 2.45) is 10.9 Å². The first-order valence-corrected chi connectivity index (χ1v) is 11.7. The van der Waals surface area contributed by atoms with Gasteiger partial charge in [-0.15, -0.1) is 0 Å². The molecule has 1 saturated carbocycles. The number of aliphatic imine (C=N–C) groups is 1. The summed E-state index contributed by atoms with van der Waals surface area (Å²) in [4.78, 5) is 7.19. The Labute approximate surface area is 177 Å². The highest BCUT2D eigenvalue weighted by Crippen LogP contribution is 2.28. The summed E-state index contributed by atoms with van der Waals surface area (Å²) >= 11 is 0. The SMILES string of the molecule is CCNC(=NCc1ccc(CN2CCC(O)CC2)cc1)NCCCC1CCCC1. The van der Waals surface area contributed by atoms with Crippen LogP contribution in [0.15, 0.2) is 29.3 Å². The number of aliphatic hydroxyl groups is 1. The molecule has 1 heterocycles. The highest BCUT2D eigenvalue weighted by atomic mass is 16.3. The maximum Gasteiger partial charge on any atom is 0.191 e. The van der Waals surface area contributed by atoms with E-state index in [1.165, 1.54) is 49.7 Å². The van der Waals surface area contributed by atoms with E-state index in [-0.39, 0.29) is 6.10 Å². The van der Waals surface area contributed by atoms with Crippen LogP contribution >= 0.6 is 0 Å². The number of nitrogens with one attached hydrogen (secondary N) is 2. The second-order valence-electron chi connectivity index (χ2n) is 8.74. The highest BCUT2D eigenvalue weighted by Gasteiger charge is 2.17. The molecule has 3 N–H and O–H groups in total. The van der Waals surface area contributed by atoms with Crippen molar-refractivity contribution in [3.63, 3.8) is 0 Å². The van der Waals surface area contributed by atoms with Gasteiger partial charge in [-0.1, -0.05) is 49.9 Å². The van der Waals surface area contributed by atoms with Gasteiger partial charge in [-0.05, 0) is 49.7 Å². The molecule has 1 aliphatic carbocycles. The van der Waals surface area contributed by atoms with Crippen LogP contribution in [0.5, 0.6) is 0 Å². The van der Waals surface area contributed by atoms with Crippen LogP contribution in [0.3, 0.4) is 0 Å². The van der Waals surface area contributed by atoms with E-state index in [1.807, 2.05) is 0 Å². The highest BCUT2D eigenvalue weighted by molar-refractivity contribution is 5.79. The van der Waals surface area contributed by atoms with Gasteiger partial charge in [0, 0.05) is 32.7 Å². The van der Waals surface area contributed by atoms with E-state index in [0.717, 1.165) is 57.4 Å². The third-order valence-electron chi connectivity index (χ3n) is 6.31. The van der Waals surface area contributed by atoms with Crippen LogP contribution in [0, 0.1) is 5.92 Å². The molecule has 0 bridgehead atoms. The average molecular weight is 401 g/mol. The van der Waals surface area contributed by atoms with Crippen LogP contribution in [-0.4, -0.2) is 48.2 Å². The van der Waals surface area contributed by atoms with Crippen molar-refractivity contribution in [2.45, 2.75) is 77.5 Å². The molecule has 1 aromatic carbocycles. The molecule has 0 spiro atoms. The lowest BCUT2D eigenvalue weighted by atomic mass is 10.0. The van der Waals surface area contributed by atoms with E-state index < -0.39 is 0 Å². The normalized spacial score (nSPS) is 19.6. The minimum atomic E-state index is -0.103. The van der Waals surface area contributed by atoms with E-state index in [9.17, 15) is 5.11 Å². The Kier molecular flexibility index (Phi) is 9.29. The number of rotatable bonds is 9. The Morgan fingerprint density at radius 2 is 1.72 bits per heavy atom. The number of hydrogen-bond donors (Lipinski definition) is 3. The summed E-state index contributed by atoms with van der Waals surface area (Å²) < 4.78 is 0. The summed E-state index contributed by atoms with van der Waals surface area (Å²) in [6.45, 7) is 7.67. The molecule has 0 unspecified atom stereocenters. The molecule has 0 radical (unpaired) electrons. The van der Waals surface area contributed by atoms with Gasteiger partial charge in [0.2, 0.25) is 0 Å². The second kappa shape index (κ2) is 12.2. The molecule has 5 nitrogen and oxygen atoms in total. The first-order valence-electron chi connectivity index (χ1n) is 11.7. The van der Waals surface area contributed by atoms with E-state index in [4.69, 9.17) is 4.99 Å². The quantitative estimate of drug-likeness (QED) is 0.336. The molecular weight excluding hydrogens is 360 g/mol. The van der Waals surface area contributed by atoms with Crippen LogP contribution in [0.25, 0.3) is 0 Å². The maximum atomic E-state index is 9.64. The van der Waals surface area contributed by atoms with Crippen LogP contribution in [-0.2, 0) is 13.1 Å². The summed E-state index contributed by atoms with van der Waals surface area (Å²) in [7, 11) is 0. The van der Waals surface area contributed by atoms with Crippen LogP contribution in [0.2, 0.25) is 0 Å². The van der Waals surface area contributed by atoms with E-state index in [0.29, 0.717) is 6.54 Å². The second-order valence-corrected chi connectivity index (χ2v) is 8.74. The summed E-state index contributed by atoms with van der Waals surface area (Å²) in [6, 6.07) is 8.83. The van der Waals surface area contributed by atoms with Gasteiger partial charge in [-0.3, -0.25) is 4.90 Å². The van der Waals surface area contributed by atoms with Crippen LogP contribution in [0.4, 0.5) is 0 Å². The van der Waals surface area contributed by atoms with E-state index >= 15 is 0 Å². The summed E-state index contributed by atoms with van der Waals surface area (Å²) in [5, 5.41) is 16.5. The van der Waals surface area contributed by atoms with Crippen LogP contribution in [0.1, 0.15) is 69.4 Å². The number of piperidine rings is 1. The summed E-state index contributed by atoms with van der Waals surface area (Å²) in [6.07, 6.45) is 10.0. The van der Waals surface area contributed by atoms with Gasteiger partial charge in [-0.25, -0.2) is 4.99 Å². The van der Waals surface area contributed by atoms with Crippen molar-refractivity contribution in [2.75, 3.05) is 26.2 Å². The number of likely N-dealkylation sites (tertiary alicyclic amines) is 1. The molecule has 2 aliphatic rings.